The first kappa shape index (κ1) is 13.8. The quantitative estimate of drug-likeness (QED) is 0.786. The lowest BCUT2D eigenvalue weighted by Gasteiger charge is -2.31. The number of hydrogen-bond donors (Lipinski definition) is 0. The third kappa shape index (κ3) is 3.05. The van der Waals surface area contributed by atoms with Gasteiger partial charge in [0.05, 0.1) is 11.8 Å². The normalized spacial score (nSPS) is 15.9. The second-order valence-electron chi connectivity index (χ2n) is 4.65. The molecule has 0 aromatic heterocycles. The van der Waals surface area contributed by atoms with E-state index in [1.54, 1.807) is 0 Å². The van der Waals surface area contributed by atoms with Crippen LogP contribution in [-0.4, -0.2) is 19.8 Å². The first-order valence-electron chi connectivity index (χ1n) is 6.26. The maximum Gasteiger partial charge on any atom is 0.0707 e. The minimum atomic E-state index is 0.205. The molecular weight excluding hydrogens is 302 g/mol. The average molecular weight is 318 g/mol. The molecule has 1 saturated heterocycles. The van der Waals surface area contributed by atoms with Crippen LogP contribution >= 0.6 is 15.9 Å². The number of nitriles is 1. The van der Waals surface area contributed by atoms with Gasteiger partial charge in [0.2, 0.25) is 0 Å². The van der Waals surface area contributed by atoms with E-state index in [4.69, 9.17) is 5.26 Å². The number of hydrogen-bond acceptors (Lipinski definition) is 3. The summed E-state index contributed by atoms with van der Waals surface area (Å²) in [7, 11) is 0. The highest BCUT2D eigenvalue weighted by Gasteiger charge is 2.19. The Kier molecular flexibility index (Phi) is 4.39. The van der Waals surface area contributed by atoms with E-state index in [1.807, 2.05) is 6.07 Å². The SMILES string of the molecule is C=Nc1ccc(N2CCC(C#N)CC2)cc1C(=C)Br. The lowest BCUT2D eigenvalue weighted by Crippen LogP contribution is -2.33. The zero-order valence-electron chi connectivity index (χ0n) is 10.8. The van der Waals surface area contributed by atoms with Crippen molar-refractivity contribution in [3.8, 4) is 6.07 Å². The van der Waals surface area contributed by atoms with Gasteiger partial charge in [-0.15, -0.1) is 0 Å². The number of halogens is 1. The Hall–Kier alpha value is -1.60. The van der Waals surface area contributed by atoms with Crippen LogP contribution in [0.15, 0.2) is 29.8 Å². The van der Waals surface area contributed by atoms with Crippen molar-refractivity contribution in [3.63, 3.8) is 0 Å². The minimum absolute atomic E-state index is 0.205. The molecule has 1 fully saturated rings. The monoisotopic (exact) mass is 317 g/mol. The van der Waals surface area contributed by atoms with E-state index in [9.17, 15) is 0 Å². The van der Waals surface area contributed by atoms with Crippen molar-refractivity contribution in [1.82, 2.24) is 0 Å². The van der Waals surface area contributed by atoms with Gasteiger partial charge in [-0.2, -0.15) is 5.26 Å². The van der Waals surface area contributed by atoms with E-state index in [0.717, 1.165) is 47.4 Å². The molecule has 3 nitrogen and oxygen atoms in total. The fraction of sp³-hybridized carbons (Fsp3) is 0.333. The fourth-order valence-electron chi connectivity index (χ4n) is 2.34. The number of benzene rings is 1. The topological polar surface area (TPSA) is 39.4 Å². The Bertz CT molecular complexity index is 537. The summed E-state index contributed by atoms with van der Waals surface area (Å²) in [5.74, 6) is 0.205. The molecule has 1 aromatic rings. The maximum absolute atomic E-state index is 8.93. The molecule has 1 aromatic carbocycles. The zero-order chi connectivity index (χ0) is 13.8. The van der Waals surface area contributed by atoms with Gasteiger partial charge >= 0.3 is 0 Å². The van der Waals surface area contributed by atoms with Crippen molar-refractivity contribution in [3.05, 3.63) is 30.3 Å². The van der Waals surface area contributed by atoms with Gasteiger partial charge in [0.15, 0.2) is 0 Å². The molecule has 4 heteroatoms. The first-order valence-corrected chi connectivity index (χ1v) is 7.05. The summed E-state index contributed by atoms with van der Waals surface area (Å²) in [5.41, 5.74) is 2.95. The fourth-order valence-corrected chi connectivity index (χ4v) is 2.66. The summed E-state index contributed by atoms with van der Waals surface area (Å²) in [5, 5.41) is 8.93. The van der Waals surface area contributed by atoms with E-state index >= 15 is 0 Å². The van der Waals surface area contributed by atoms with Crippen molar-refractivity contribution >= 4 is 38.5 Å². The van der Waals surface area contributed by atoms with E-state index < -0.39 is 0 Å². The van der Waals surface area contributed by atoms with Crippen molar-refractivity contribution < 1.29 is 0 Å². The van der Waals surface area contributed by atoms with Crippen LogP contribution < -0.4 is 4.90 Å². The highest BCUT2D eigenvalue weighted by atomic mass is 79.9. The van der Waals surface area contributed by atoms with Crippen LogP contribution in [0.5, 0.6) is 0 Å². The number of nitrogens with zero attached hydrogens (tertiary/aromatic N) is 3. The van der Waals surface area contributed by atoms with Gasteiger partial charge < -0.3 is 4.90 Å². The smallest absolute Gasteiger partial charge is 0.0707 e. The molecule has 0 radical (unpaired) electrons. The standard InChI is InChI=1S/C15H16BrN3/c1-11(16)14-9-13(3-4-15(14)18-2)19-7-5-12(10-17)6-8-19/h3-4,9,12H,1-2,5-8H2. The largest absolute Gasteiger partial charge is 0.371 e. The van der Waals surface area contributed by atoms with Gasteiger partial charge in [-0.05, 0) is 37.8 Å². The van der Waals surface area contributed by atoms with Crippen LogP contribution in [0.25, 0.3) is 4.48 Å². The third-order valence-electron chi connectivity index (χ3n) is 3.49. The van der Waals surface area contributed by atoms with Crippen molar-refractivity contribution in [2.45, 2.75) is 12.8 Å². The molecule has 1 heterocycles. The Labute approximate surface area is 122 Å². The van der Waals surface area contributed by atoms with Gasteiger partial charge in [0, 0.05) is 34.7 Å². The van der Waals surface area contributed by atoms with Crippen molar-refractivity contribution in [2.75, 3.05) is 18.0 Å². The molecule has 0 aliphatic carbocycles. The molecule has 0 unspecified atom stereocenters. The molecule has 0 amide bonds. The molecule has 98 valence electrons. The van der Waals surface area contributed by atoms with Crippen LogP contribution in [0.3, 0.4) is 0 Å². The molecule has 1 aliphatic heterocycles. The second-order valence-corrected chi connectivity index (χ2v) is 5.61. The second kappa shape index (κ2) is 6.03. The molecule has 0 spiro atoms. The lowest BCUT2D eigenvalue weighted by molar-refractivity contribution is 0.488. The zero-order valence-corrected chi connectivity index (χ0v) is 12.4. The van der Waals surface area contributed by atoms with Crippen molar-refractivity contribution in [2.24, 2.45) is 10.9 Å². The summed E-state index contributed by atoms with van der Waals surface area (Å²) in [6.07, 6.45) is 1.87. The molecule has 2 rings (SSSR count). The van der Waals surface area contributed by atoms with Gasteiger partial charge in [0.25, 0.3) is 0 Å². The van der Waals surface area contributed by atoms with Crippen LogP contribution in [0.4, 0.5) is 11.4 Å². The maximum atomic E-state index is 8.93. The first-order chi connectivity index (χ1) is 9.15. The molecule has 0 atom stereocenters. The van der Waals surface area contributed by atoms with E-state index in [1.165, 1.54) is 0 Å². The van der Waals surface area contributed by atoms with Crippen LogP contribution in [0.2, 0.25) is 0 Å². The highest BCUT2D eigenvalue weighted by molar-refractivity contribution is 9.15. The molecule has 0 N–H and O–H groups in total. The van der Waals surface area contributed by atoms with E-state index in [2.05, 4.69) is 57.3 Å². The number of anilines is 1. The van der Waals surface area contributed by atoms with Gasteiger partial charge in [-0.1, -0.05) is 22.5 Å². The molecule has 0 saturated carbocycles. The predicted octanol–water partition coefficient (Wildman–Crippen LogP) is 4.12. The van der Waals surface area contributed by atoms with Crippen LogP contribution in [0, 0.1) is 17.2 Å². The van der Waals surface area contributed by atoms with E-state index in [-0.39, 0.29) is 5.92 Å². The molecule has 19 heavy (non-hydrogen) atoms. The Balaban J connectivity index is 2.22. The van der Waals surface area contributed by atoms with Gasteiger partial charge in [-0.3, -0.25) is 4.99 Å². The summed E-state index contributed by atoms with van der Waals surface area (Å²) >= 11 is 3.41. The van der Waals surface area contributed by atoms with Crippen molar-refractivity contribution in [1.29, 1.82) is 5.26 Å². The average Bonchev–Trinajstić information content (AvgIpc) is 2.46. The third-order valence-corrected chi connectivity index (χ3v) is 3.91. The molecular formula is C15H16BrN3. The minimum Gasteiger partial charge on any atom is -0.371 e. The molecule has 1 aliphatic rings. The van der Waals surface area contributed by atoms with Gasteiger partial charge in [-0.25, -0.2) is 0 Å². The predicted molar refractivity (Wildman–Crippen MR) is 84.2 cm³/mol. The summed E-state index contributed by atoms with van der Waals surface area (Å²) in [6, 6.07) is 8.44. The summed E-state index contributed by atoms with van der Waals surface area (Å²) in [6.45, 7) is 9.34. The Morgan fingerprint density at radius 3 is 2.63 bits per heavy atom. The Morgan fingerprint density at radius 1 is 1.42 bits per heavy atom. The number of piperidine rings is 1. The summed E-state index contributed by atoms with van der Waals surface area (Å²) < 4.78 is 0.809. The van der Waals surface area contributed by atoms with E-state index in [0.29, 0.717) is 0 Å². The number of rotatable bonds is 3. The lowest BCUT2D eigenvalue weighted by atomic mass is 9.98. The highest BCUT2D eigenvalue weighted by Crippen LogP contribution is 2.33. The summed E-state index contributed by atoms with van der Waals surface area (Å²) in [4.78, 5) is 6.31. The number of aliphatic imine (C=N–C) groups is 1. The Morgan fingerprint density at radius 2 is 2.11 bits per heavy atom. The van der Waals surface area contributed by atoms with Gasteiger partial charge in [0.1, 0.15) is 0 Å². The van der Waals surface area contributed by atoms with Crippen LogP contribution in [-0.2, 0) is 0 Å². The van der Waals surface area contributed by atoms with Crippen LogP contribution in [0.1, 0.15) is 18.4 Å². The molecule has 0 bridgehead atoms.